The second-order valence-corrected chi connectivity index (χ2v) is 5.02. The molecule has 3 rings (SSSR count). The largest absolute Gasteiger partial charge is 0.335 e. The Morgan fingerprint density at radius 2 is 2.24 bits per heavy atom. The SMILES string of the molecule is Cc1csc2ncc(C(=O)N3CCNCC3)n12. The van der Waals surface area contributed by atoms with E-state index < -0.39 is 0 Å². The maximum Gasteiger partial charge on any atom is 0.272 e. The minimum Gasteiger partial charge on any atom is -0.335 e. The van der Waals surface area contributed by atoms with Gasteiger partial charge >= 0.3 is 0 Å². The van der Waals surface area contributed by atoms with Crippen LogP contribution in [-0.2, 0) is 0 Å². The van der Waals surface area contributed by atoms with Crippen LogP contribution in [-0.4, -0.2) is 46.4 Å². The molecule has 1 fully saturated rings. The molecule has 5 nitrogen and oxygen atoms in total. The lowest BCUT2D eigenvalue weighted by Gasteiger charge is -2.27. The third kappa shape index (κ3) is 1.73. The summed E-state index contributed by atoms with van der Waals surface area (Å²) in [6.07, 6.45) is 1.68. The molecular formula is C11H14N4OS. The van der Waals surface area contributed by atoms with Gasteiger partial charge in [-0.3, -0.25) is 9.20 Å². The van der Waals surface area contributed by atoms with E-state index in [0.29, 0.717) is 5.69 Å². The van der Waals surface area contributed by atoms with Crippen LogP contribution >= 0.6 is 11.3 Å². The number of carbonyl (C=O) groups is 1. The lowest BCUT2D eigenvalue weighted by molar-refractivity contribution is 0.0728. The molecule has 0 bridgehead atoms. The zero-order valence-corrected chi connectivity index (χ0v) is 10.5. The number of thiazole rings is 1. The van der Waals surface area contributed by atoms with Crippen molar-refractivity contribution < 1.29 is 4.79 Å². The second kappa shape index (κ2) is 4.12. The molecule has 0 aromatic carbocycles. The predicted octanol–water partition coefficient (Wildman–Crippen LogP) is 0.750. The van der Waals surface area contributed by atoms with Crippen molar-refractivity contribution in [2.75, 3.05) is 26.2 Å². The maximum atomic E-state index is 12.4. The van der Waals surface area contributed by atoms with Gasteiger partial charge in [0.1, 0.15) is 5.69 Å². The van der Waals surface area contributed by atoms with Gasteiger partial charge in [-0.1, -0.05) is 0 Å². The third-order valence-corrected chi connectivity index (χ3v) is 4.00. The zero-order chi connectivity index (χ0) is 11.8. The molecule has 0 radical (unpaired) electrons. The zero-order valence-electron chi connectivity index (χ0n) is 9.64. The van der Waals surface area contributed by atoms with E-state index in [1.54, 1.807) is 17.5 Å². The summed E-state index contributed by atoms with van der Waals surface area (Å²) in [6.45, 7) is 5.29. The summed E-state index contributed by atoms with van der Waals surface area (Å²) >= 11 is 1.57. The normalized spacial score (nSPS) is 16.6. The first-order valence-corrected chi connectivity index (χ1v) is 6.57. The summed E-state index contributed by atoms with van der Waals surface area (Å²) in [6, 6.07) is 0. The molecule has 0 saturated carbocycles. The lowest BCUT2D eigenvalue weighted by Crippen LogP contribution is -2.46. The second-order valence-electron chi connectivity index (χ2n) is 4.18. The number of fused-ring (bicyclic) bond motifs is 1. The summed E-state index contributed by atoms with van der Waals surface area (Å²) in [5, 5.41) is 5.27. The molecular weight excluding hydrogens is 236 g/mol. The van der Waals surface area contributed by atoms with Crippen molar-refractivity contribution >= 4 is 22.2 Å². The molecule has 0 aliphatic carbocycles. The van der Waals surface area contributed by atoms with Crippen molar-refractivity contribution in [1.29, 1.82) is 0 Å². The van der Waals surface area contributed by atoms with Gasteiger partial charge < -0.3 is 10.2 Å². The number of amides is 1. The first kappa shape index (κ1) is 10.7. The quantitative estimate of drug-likeness (QED) is 0.812. The van der Waals surface area contributed by atoms with Gasteiger partial charge in [0.15, 0.2) is 4.96 Å². The minimum atomic E-state index is 0.0838. The van der Waals surface area contributed by atoms with Gasteiger partial charge in [0, 0.05) is 37.3 Å². The predicted molar refractivity (Wildman–Crippen MR) is 66.6 cm³/mol. The smallest absolute Gasteiger partial charge is 0.272 e. The Morgan fingerprint density at radius 1 is 1.47 bits per heavy atom. The van der Waals surface area contributed by atoms with E-state index in [1.165, 1.54) is 0 Å². The summed E-state index contributed by atoms with van der Waals surface area (Å²) in [7, 11) is 0. The van der Waals surface area contributed by atoms with Gasteiger partial charge in [-0.2, -0.15) is 0 Å². The molecule has 1 aliphatic heterocycles. The molecule has 3 heterocycles. The minimum absolute atomic E-state index is 0.0838. The Bertz CT molecular complexity index is 553. The molecule has 1 N–H and O–H groups in total. The van der Waals surface area contributed by atoms with Crippen LogP contribution in [0.2, 0.25) is 0 Å². The van der Waals surface area contributed by atoms with Crippen LogP contribution in [0.15, 0.2) is 11.6 Å². The van der Waals surface area contributed by atoms with Crippen LogP contribution in [0.5, 0.6) is 0 Å². The number of nitrogens with zero attached hydrogens (tertiary/aromatic N) is 3. The molecule has 1 aliphatic rings. The highest BCUT2D eigenvalue weighted by atomic mass is 32.1. The van der Waals surface area contributed by atoms with Crippen molar-refractivity contribution in [2.24, 2.45) is 0 Å². The Hall–Kier alpha value is -1.40. The highest BCUT2D eigenvalue weighted by Crippen LogP contribution is 2.18. The van der Waals surface area contributed by atoms with E-state index in [-0.39, 0.29) is 5.91 Å². The van der Waals surface area contributed by atoms with Crippen molar-refractivity contribution in [1.82, 2.24) is 19.6 Å². The summed E-state index contributed by atoms with van der Waals surface area (Å²) in [5.74, 6) is 0.0838. The van der Waals surface area contributed by atoms with Crippen LogP contribution in [0.4, 0.5) is 0 Å². The first-order chi connectivity index (χ1) is 8.27. The average molecular weight is 250 g/mol. The van der Waals surface area contributed by atoms with Crippen LogP contribution in [0.25, 0.3) is 4.96 Å². The van der Waals surface area contributed by atoms with Crippen molar-refractivity contribution in [3.05, 3.63) is 23.0 Å². The fraction of sp³-hybridized carbons (Fsp3) is 0.455. The third-order valence-electron chi connectivity index (χ3n) is 3.04. The molecule has 90 valence electrons. The molecule has 6 heteroatoms. The van der Waals surface area contributed by atoms with Crippen LogP contribution in [0.1, 0.15) is 16.2 Å². The van der Waals surface area contributed by atoms with Gasteiger partial charge in [-0.15, -0.1) is 11.3 Å². The molecule has 0 atom stereocenters. The number of hydrogen-bond acceptors (Lipinski definition) is 4. The van der Waals surface area contributed by atoms with E-state index >= 15 is 0 Å². The molecule has 0 unspecified atom stereocenters. The maximum absolute atomic E-state index is 12.4. The Kier molecular flexibility index (Phi) is 2.60. The molecule has 2 aromatic rings. The number of piperazine rings is 1. The first-order valence-electron chi connectivity index (χ1n) is 5.69. The van der Waals surface area contributed by atoms with Gasteiger partial charge in [0.25, 0.3) is 5.91 Å². The standard InChI is InChI=1S/C11H14N4OS/c1-8-7-17-11-13-6-9(15(8)11)10(16)14-4-2-12-3-5-14/h6-7,12H,2-5H2,1H3. The number of hydrogen-bond donors (Lipinski definition) is 1. The Labute approximate surface area is 103 Å². The van der Waals surface area contributed by atoms with Crippen LogP contribution < -0.4 is 5.32 Å². The summed E-state index contributed by atoms with van der Waals surface area (Å²) in [5.41, 5.74) is 1.75. The lowest BCUT2D eigenvalue weighted by atomic mass is 10.3. The van der Waals surface area contributed by atoms with E-state index in [4.69, 9.17) is 0 Å². The van der Waals surface area contributed by atoms with Crippen molar-refractivity contribution in [2.45, 2.75) is 6.92 Å². The van der Waals surface area contributed by atoms with E-state index in [1.807, 2.05) is 21.6 Å². The highest BCUT2D eigenvalue weighted by Gasteiger charge is 2.22. The van der Waals surface area contributed by atoms with Gasteiger partial charge in [0.2, 0.25) is 0 Å². The molecule has 17 heavy (non-hydrogen) atoms. The Morgan fingerprint density at radius 3 is 3.00 bits per heavy atom. The van der Waals surface area contributed by atoms with Gasteiger partial charge in [-0.25, -0.2) is 4.98 Å². The highest BCUT2D eigenvalue weighted by molar-refractivity contribution is 7.15. The Balaban J connectivity index is 1.97. The molecule has 0 spiro atoms. The number of carbonyl (C=O) groups excluding carboxylic acids is 1. The number of rotatable bonds is 1. The molecule has 1 amide bonds. The fourth-order valence-electron chi connectivity index (χ4n) is 2.13. The van der Waals surface area contributed by atoms with Crippen LogP contribution in [0.3, 0.4) is 0 Å². The van der Waals surface area contributed by atoms with E-state index in [9.17, 15) is 4.79 Å². The van der Waals surface area contributed by atoms with E-state index in [0.717, 1.165) is 36.8 Å². The molecule has 2 aromatic heterocycles. The fourth-order valence-corrected chi connectivity index (χ4v) is 2.97. The van der Waals surface area contributed by atoms with Crippen molar-refractivity contribution in [3.63, 3.8) is 0 Å². The van der Waals surface area contributed by atoms with E-state index in [2.05, 4.69) is 10.3 Å². The van der Waals surface area contributed by atoms with Crippen LogP contribution in [0, 0.1) is 6.92 Å². The van der Waals surface area contributed by atoms with Crippen molar-refractivity contribution in [3.8, 4) is 0 Å². The molecule has 1 saturated heterocycles. The summed E-state index contributed by atoms with van der Waals surface area (Å²) in [4.78, 5) is 19.4. The number of aromatic nitrogens is 2. The summed E-state index contributed by atoms with van der Waals surface area (Å²) < 4.78 is 1.94. The number of nitrogens with one attached hydrogen (secondary N) is 1. The average Bonchev–Trinajstić information content (AvgIpc) is 2.93. The van der Waals surface area contributed by atoms with Gasteiger partial charge in [-0.05, 0) is 6.92 Å². The topological polar surface area (TPSA) is 49.6 Å². The number of imidazole rings is 1. The van der Waals surface area contributed by atoms with Gasteiger partial charge in [0.05, 0.1) is 6.20 Å². The number of aryl methyl sites for hydroxylation is 1. The monoisotopic (exact) mass is 250 g/mol.